The molecular formula is C10H4BrClF4N2S. The van der Waals surface area contributed by atoms with E-state index in [9.17, 15) is 17.6 Å². The lowest BCUT2D eigenvalue weighted by Crippen LogP contribution is -2.08. The number of rotatable bonds is 1. The van der Waals surface area contributed by atoms with Gasteiger partial charge in [0, 0.05) is 4.47 Å². The van der Waals surface area contributed by atoms with Crippen molar-refractivity contribution in [2.75, 3.05) is 6.26 Å². The van der Waals surface area contributed by atoms with Gasteiger partial charge in [0.2, 0.25) is 0 Å². The van der Waals surface area contributed by atoms with Crippen LogP contribution in [0.25, 0.3) is 10.9 Å². The van der Waals surface area contributed by atoms with Crippen LogP contribution in [0.5, 0.6) is 0 Å². The lowest BCUT2D eigenvalue weighted by atomic mass is 10.1. The number of aromatic nitrogens is 2. The predicted octanol–water partition coefficient (Wildman–Crippen LogP) is 4.93. The van der Waals surface area contributed by atoms with Crippen LogP contribution in [0.4, 0.5) is 17.6 Å². The molecule has 0 spiro atoms. The van der Waals surface area contributed by atoms with Crippen LogP contribution in [0.15, 0.2) is 15.7 Å². The zero-order chi connectivity index (χ0) is 14.4. The summed E-state index contributed by atoms with van der Waals surface area (Å²) < 4.78 is 51.7. The summed E-state index contributed by atoms with van der Waals surface area (Å²) in [5.41, 5.74) is -1.40. The lowest BCUT2D eigenvalue weighted by Gasteiger charge is -2.12. The van der Waals surface area contributed by atoms with Crippen LogP contribution in [0.2, 0.25) is 5.15 Å². The average Bonchev–Trinajstić information content (AvgIpc) is 2.31. The summed E-state index contributed by atoms with van der Waals surface area (Å²) in [4.78, 5) is 7.63. The zero-order valence-corrected chi connectivity index (χ0v) is 12.3. The summed E-state index contributed by atoms with van der Waals surface area (Å²) in [6.45, 7) is 0. The zero-order valence-electron chi connectivity index (χ0n) is 9.15. The van der Waals surface area contributed by atoms with Crippen LogP contribution in [-0.4, -0.2) is 16.2 Å². The van der Waals surface area contributed by atoms with Crippen molar-refractivity contribution in [3.05, 3.63) is 27.1 Å². The highest BCUT2D eigenvalue weighted by Gasteiger charge is 2.35. The van der Waals surface area contributed by atoms with Gasteiger partial charge in [0.05, 0.1) is 10.9 Å². The largest absolute Gasteiger partial charge is 0.417 e. The van der Waals surface area contributed by atoms with Crippen molar-refractivity contribution in [3.8, 4) is 0 Å². The Labute approximate surface area is 122 Å². The first-order valence-corrected chi connectivity index (χ1v) is 7.11. The van der Waals surface area contributed by atoms with E-state index in [4.69, 9.17) is 11.6 Å². The fourth-order valence-corrected chi connectivity index (χ4v) is 2.98. The Morgan fingerprint density at radius 3 is 2.47 bits per heavy atom. The van der Waals surface area contributed by atoms with Gasteiger partial charge in [-0.15, -0.1) is 0 Å². The van der Waals surface area contributed by atoms with Crippen molar-refractivity contribution < 1.29 is 17.6 Å². The van der Waals surface area contributed by atoms with Gasteiger partial charge in [-0.3, -0.25) is 0 Å². The van der Waals surface area contributed by atoms with E-state index in [-0.39, 0.29) is 25.7 Å². The normalized spacial score (nSPS) is 12.2. The molecule has 1 aromatic carbocycles. The smallest absolute Gasteiger partial charge is 0.219 e. The highest BCUT2D eigenvalue weighted by atomic mass is 79.9. The number of halogens is 6. The summed E-state index contributed by atoms with van der Waals surface area (Å²) >= 11 is 9.71. The summed E-state index contributed by atoms with van der Waals surface area (Å²) in [5, 5.41) is -0.235. The Morgan fingerprint density at radius 1 is 1.32 bits per heavy atom. The number of nitrogens with zero attached hydrogens (tertiary/aromatic N) is 2. The minimum atomic E-state index is -4.70. The topological polar surface area (TPSA) is 25.8 Å². The van der Waals surface area contributed by atoms with Crippen LogP contribution in [0.3, 0.4) is 0 Å². The number of thioether (sulfide) groups is 1. The molecule has 0 aliphatic carbocycles. The molecule has 0 saturated carbocycles. The number of alkyl halides is 3. The van der Waals surface area contributed by atoms with Crippen molar-refractivity contribution in [1.29, 1.82) is 0 Å². The highest BCUT2D eigenvalue weighted by Crippen LogP contribution is 2.41. The average molecular weight is 376 g/mol. The Kier molecular flexibility index (Phi) is 3.95. The molecule has 0 fully saturated rings. The van der Waals surface area contributed by atoms with Crippen molar-refractivity contribution in [2.45, 2.75) is 11.3 Å². The molecule has 0 atom stereocenters. The molecule has 0 amide bonds. The number of hydrogen-bond donors (Lipinski definition) is 0. The van der Waals surface area contributed by atoms with Gasteiger partial charge in [0.25, 0.3) is 0 Å². The molecule has 1 aromatic heterocycles. The molecule has 2 aromatic rings. The molecule has 9 heteroatoms. The van der Waals surface area contributed by atoms with E-state index < -0.39 is 17.6 Å². The van der Waals surface area contributed by atoms with Gasteiger partial charge in [-0.2, -0.15) is 13.2 Å². The second kappa shape index (κ2) is 5.06. The number of fused-ring (bicyclic) bond motifs is 1. The Bertz CT molecular complexity index is 662. The molecule has 0 radical (unpaired) electrons. The van der Waals surface area contributed by atoms with Gasteiger partial charge in [0.15, 0.2) is 5.16 Å². The van der Waals surface area contributed by atoms with Gasteiger partial charge >= 0.3 is 6.18 Å². The maximum Gasteiger partial charge on any atom is 0.417 e. The van der Waals surface area contributed by atoms with Crippen LogP contribution >= 0.6 is 39.3 Å². The van der Waals surface area contributed by atoms with E-state index in [1.54, 1.807) is 6.26 Å². The van der Waals surface area contributed by atoms with Crippen LogP contribution in [0.1, 0.15) is 5.56 Å². The highest BCUT2D eigenvalue weighted by molar-refractivity contribution is 9.10. The van der Waals surface area contributed by atoms with Gasteiger partial charge in [0.1, 0.15) is 16.5 Å². The lowest BCUT2D eigenvalue weighted by molar-refractivity contribution is -0.138. The molecular weight excluding hydrogens is 372 g/mol. The fraction of sp³-hybridized carbons (Fsp3) is 0.200. The first-order valence-electron chi connectivity index (χ1n) is 4.72. The molecule has 1 heterocycles. The van der Waals surface area contributed by atoms with E-state index >= 15 is 0 Å². The fourth-order valence-electron chi connectivity index (χ4n) is 1.47. The maximum absolute atomic E-state index is 13.8. The second-order valence-corrected chi connectivity index (χ2v) is 5.37. The summed E-state index contributed by atoms with van der Waals surface area (Å²) in [5.74, 6) is -1.09. The quantitative estimate of drug-likeness (QED) is 0.306. The first-order chi connectivity index (χ1) is 8.75. The molecule has 0 aliphatic rings. The third kappa shape index (κ3) is 2.66. The van der Waals surface area contributed by atoms with Crippen LogP contribution < -0.4 is 0 Å². The van der Waals surface area contributed by atoms with E-state index in [0.29, 0.717) is 6.07 Å². The van der Waals surface area contributed by atoms with Crippen molar-refractivity contribution in [3.63, 3.8) is 0 Å². The van der Waals surface area contributed by atoms with Crippen LogP contribution in [-0.2, 0) is 6.18 Å². The summed E-state index contributed by atoms with van der Waals surface area (Å²) in [7, 11) is 0. The minimum absolute atomic E-state index is 0.183. The predicted molar refractivity (Wildman–Crippen MR) is 69.0 cm³/mol. The van der Waals surface area contributed by atoms with E-state index in [1.165, 1.54) is 0 Å². The van der Waals surface area contributed by atoms with Crippen molar-refractivity contribution in [2.24, 2.45) is 0 Å². The molecule has 0 saturated heterocycles. The third-order valence-electron chi connectivity index (χ3n) is 2.29. The molecule has 102 valence electrons. The monoisotopic (exact) mass is 374 g/mol. The van der Waals surface area contributed by atoms with Gasteiger partial charge in [-0.1, -0.05) is 23.4 Å². The second-order valence-electron chi connectivity index (χ2n) is 3.44. The maximum atomic E-state index is 13.8. The first kappa shape index (κ1) is 14.8. The van der Waals surface area contributed by atoms with Crippen molar-refractivity contribution >= 4 is 50.2 Å². The molecule has 0 N–H and O–H groups in total. The van der Waals surface area contributed by atoms with Gasteiger partial charge in [-0.05, 0) is 28.3 Å². The Hall–Kier alpha value is -0.600. The van der Waals surface area contributed by atoms with Crippen LogP contribution in [0, 0.1) is 5.82 Å². The van der Waals surface area contributed by atoms with Gasteiger partial charge < -0.3 is 0 Å². The Morgan fingerprint density at radius 2 is 1.95 bits per heavy atom. The molecule has 2 rings (SSSR count). The minimum Gasteiger partial charge on any atom is -0.219 e. The van der Waals surface area contributed by atoms with E-state index in [1.807, 2.05) is 0 Å². The molecule has 0 aliphatic heterocycles. The standard InChI is InChI=1S/C10H4BrClF4N2S/c1-19-9-17-7-4(13)2-3(10(14,15)16)6(11)5(7)8(12)18-9/h2H,1H3. The molecule has 0 unspecified atom stereocenters. The number of benzene rings is 1. The molecule has 0 bridgehead atoms. The Balaban J connectivity index is 2.90. The van der Waals surface area contributed by atoms with Crippen molar-refractivity contribution in [1.82, 2.24) is 9.97 Å². The summed E-state index contributed by atoms with van der Waals surface area (Å²) in [6.07, 6.45) is -3.05. The number of hydrogen-bond acceptors (Lipinski definition) is 3. The third-order valence-corrected chi connectivity index (χ3v) is 3.93. The SMILES string of the molecule is CSc1nc(Cl)c2c(Br)c(C(F)(F)F)cc(F)c2n1. The van der Waals surface area contributed by atoms with Gasteiger partial charge in [-0.25, -0.2) is 14.4 Å². The van der Waals surface area contributed by atoms with E-state index in [0.717, 1.165) is 11.8 Å². The van der Waals surface area contributed by atoms with E-state index in [2.05, 4.69) is 25.9 Å². The summed E-state index contributed by atoms with van der Waals surface area (Å²) in [6, 6.07) is 0.389. The molecule has 19 heavy (non-hydrogen) atoms. The molecule has 2 nitrogen and oxygen atoms in total.